The van der Waals surface area contributed by atoms with Gasteiger partial charge in [-0.3, -0.25) is 4.79 Å². The number of hydrogen-bond donors (Lipinski definition) is 4. The summed E-state index contributed by atoms with van der Waals surface area (Å²) in [6.45, 7) is -0.919. The van der Waals surface area contributed by atoms with Crippen molar-refractivity contribution in [3.63, 3.8) is 0 Å². The van der Waals surface area contributed by atoms with Crippen LogP contribution >= 0.6 is 0 Å². The Labute approximate surface area is 113 Å². The Morgan fingerprint density at radius 2 is 1.95 bits per heavy atom. The third kappa shape index (κ3) is 10.00. The molecule has 1 unspecified atom stereocenters. The van der Waals surface area contributed by atoms with E-state index in [4.69, 9.17) is 10.8 Å². The first kappa shape index (κ1) is 18.0. The van der Waals surface area contributed by atoms with Gasteiger partial charge in [0.05, 0.1) is 6.61 Å². The van der Waals surface area contributed by atoms with Gasteiger partial charge in [-0.1, -0.05) is 0 Å². The molecule has 0 aromatic carbocycles. The van der Waals surface area contributed by atoms with Crippen molar-refractivity contribution in [2.45, 2.75) is 25.3 Å². The van der Waals surface area contributed by atoms with Crippen LogP contribution in [0, 0.1) is 0 Å². The van der Waals surface area contributed by atoms with Crippen molar-refractivity contribution in [2.75, 3.05) is 19.8 Å². The SMILES string of the molecule is NC(=O)CCC(NC(=O)NCCOCC(F)F)C(=O)O. The van der Waals surface area contributed by atoms with Gasteiger partial charge in [0, 0.05) is 13.0 Å². The molecule has 0 fully saturated rings. The second-order valence-corrected chi connectivity index (χ2v) is 3.76. The average Bonchev–Trinajstić information content (AvgIpc) is 2.32. The van der Waals surface area contributed by atoms with Crippen LogP contribution in [0.25, 0.3) is 0 Å². The smallest absolute Gasteiger partial charge is 0.326 e. The molecule has 0 spiro atoms. The molecule has 0 rings (SSSR count). The maximum absolute atomic E-state index is 11.7. The molecule has 0 aromatic heterocycles. The van der Waals surface area contributed by atoms with E-state index in [1.165, 1.54) is 0 Å². The number of carbonyl (C=O) groups excluding carboxylic acids is 2. The molecule has 0 saturated heterocycles. The minimum Gasteiger partial charge on any atom is -0.480 e. The van der Waals surface area contributed by atoms with Crippen LogP contribution in [-0.4, -0.2) is 55.2 Å². The number of hydrogen-bond acceptors (Lipinski definition) is 4. The summed E-state index contributed by atoms with van der Waals surface area (Å²) in [6.07, 6.45) is -2.91. The van der Waals surface area contributed by atoms with E-state index in [1.54, 1.807) is 0 Å². The Morgan fingerprint density at radius 1 is 1.30 bits per heavy atom. The van der Waals surface area contributed by atoms with Crippen molar-refractivity contribution in [1.82, 2.24) is 10.6 Å². The number of nitrogens with two attached hydrogens (primary N) is 1. The summed E-state index contributed by atoms with van der Waals surface area (Å²) in [5.41, 5.74) is 4.87. The maximum Gasteiger partial charge on any atom is 0.326 e. The molecular weight excluding hydrogens is 280 g/mol. The van der Waals surface area contributed by atoms with E-state index in [-0.39, 0.29) is 26.0 Å². The molecule has 0 heterocycles. The third-order valence-electron chi connectivity index (χ3n) is 2.06. The van der Waals surface area contributed by atoms with Gasteiger partial charge in [-0.05, 0) is 6.42 Å². The minimum absolute atomic E-state index is 0.0548. The molecule has 0 aliphatic rings. The molecule has 0 aromatic rings. The van der Waals surface area contributed by atoms with Gasteiger partial charge in [-0.25, -0.2) is 18.4 Å². The molecule has 116 valence electrons. The van der Waals surface area contributed by atoms with E-state index in [0.29, 0.717) is 0 Å². The molecule has 0 radical (unpaired) electrons. The van der Waals surface area contributed by atoms with E-state index in [1.807, 2.05) is 0 Å². The molecule has 0 aliphatic carbocycles. The highest BCUT2D eigenvalue weighted by Crippen LogP contribution is 1.97. The Bertz CT molecular complexity index is 341. The Morgan fingerprint density at radius 3 is 2.45 bits per heavy atom. The molecule has 0 saturated carbocycles. The molecular formula is C10H17F2N3O5. The van der Waals surface area contributed by atoms with Crippen LogP contribution in [0.4, 0.5) is 13.6 Å². The highest BCUT2D eigenvalue weighted by atomic mass is 19.3. The summed E-state index contributed by atoms with van der Waals surface area (Å²) in [5, 5.41) is 13.1. The van der Waals surface area contributed by atoms with Gasteiger partial charge in [-0.2, -0.15) is 0 Å². The molecule has 1 atom stereocenters. The van der Waals surface area contributed by atoms with Gasteiger partial charge in [-0.15, -0.1) is 0 Å². The van der Waals surface area contributed by atoms with E-state index in [0.717, 1.165) is 0 Å². The normalized spacial score (nSPS) is 11.9. The number of aliphatic carboxylic acids is 1. The standard InChI is InChI=1S/C10H17F2N3O5/c11-7(12)5-20-4-3-14-10(19)15-6(9(17)18)1-2-8(13)16/h6-7H,1-5H2,(H2,13,16)(H,17,18)(H2,14,15,19). The molecule has 0 bridgehead atoms. The highest BCUT2D eigenvalue weighted by molar-refractivity contribution is 5.83. The lowest BCUT2D eigenvalue weighted by Crippen LogP contribution is -2.47. The number of urea groups is 1. The van der Waals surface area contributed by atoms with Crippen LogP contribution in [-0.2, 0) is 14.3 Å². The first-order valence-corrected chi connectivity index (χ1v) is 5.74. The lowest BCUT2D eigenvalue weighted by atomic mass is 10.1. The number of alkyl halides is 2. The fourth-order valence-corrected chi connectivity index (χ4v) is 1.16. The van der Waals surface area contributed by atoms with Gasteiger partial charge in [0.1, 0.15) is 12.6 Å². The predicted molar refractivity (Wildman–Crippen MR) is 63.2 cm³/mol. The topological polar surface area (TPSA) is 131 Å². The van der Waals surface area contributed by atoms with Gasteiger partial charge < -0.3 is 26.2 Å². The predicted octanol–water partition coefficient (Wildman–Crippen LogP) is -0.714. The van der Waals surface area contributed by atoms with Crippen molar-refractivity contribution >= 4 is 17.9 Å². The average molecular weight is 297 g/mol. The molecule has 10 heteroatoms. The van der Waals surface area contributed by atoms with Crippen molar-refractivity contribution in [3.8, 4) is 0 Å². The first-order chi connectivity index (χ1) is 9.32. The highest BCUT2D eigenvalue weighted by Gasteiger charge is 2.20. The zero-order chi connectivity index (χ0) is 15.5. The lowest BCUT2D eigenvalue weighted by molar-refractivity contribution is -0.139. The van der Waals surface area contributed by atoms with Crippen molar-refractivity contribution < 1.29 is 33.0 Å². The number of amides is 3. The van der Waals surface area contributed by atoms with E-state index in [2.05, 4.69) is 15.4 Å². The molecule has 5 N–H and O–H groups in total. The Kier molecular flexibility index (Phi) is 8.92. The second-order valence-electron chi connectivity index (χ2n) is 3.76. The third-order valence-corrected chi connectivity index (χ3v) is 2.06. The maximum atomic E-state index is 11.7. The first-order valence-electron chi connectivity index (χ1n) is 5.74. The Hall–Kier alpha value is -1.97. The monoisotopic (exact) mass is 297 g/mol. The molecule has 3 amide bonds. The van der Waals surface area contributed by atoms with Crippen LogP contribution in [0.3, 0.4) is 0 Å². The van der Waals surface area contributed by atoms with Crippen LogP contribution in [0.5, 0.6) is 0 Å². The van der Waals surface area contributed by atoms with Crippen molar-refractivity contribution in [3.05, 3.63) is 0 Å². The fraction of sp³-hybridized carbons (Fsp3) is 0.700. The number of primary amides is 1. The summed E-state index contributed by atoms with van der Waals surface area (Å²) in [5.74, 6) is -1.99. The molecule has 0 aliphatic heterocycles. The fourth-order valence-electron chi connectivity index (χ4n) is 1.16. The van der Waals surface area contributed by atoms with E-state index >= 15 is 0 Å². The van der Waals surface area contributed by atoms with Gasteiger partial charge in [0.25, 0.3) is 6.43 Å². The summed E-state index contributed by atoms with van der Waals surface area (Å²) < 4.78 is 27.9. The summed E-state index contributed by atoms with van der Waals surface area (Å²) in [6, 6.07) is -2.06. The van der Waals surface area contributed by atoms with E-state index in [9.17, 15) is 23.2 Å². The minimum atomic E-state index is -2.59. The van der Waals surface area contributed by atoms with Gasteiger partial charge >= 0.3 is 12.0 Å². The summed E-state index contributed by atoms with van der Waals surface area (Å²) in [7, 11) is 0. The summed E-state index contributed by atoms with van der Waals surface area (Å²) >= 11 is 0. The number of carboxylic acids is 1. The molecule has 20 heavy (non-hydrogen) atoms. The van der Waals surface area contributed by atoms with Crippen molar-refractivity contribution in [2.24, 2.45) is 5.73 Å². The number of nitrogens with one attached hydrogen (secondary N) is 2. The second kappa shape index (κ2) is 9.89. The van der Waals surface area contributed by atoms with Crippen molar-refractivity contribution in [1.29, 1.82) is 0 Å². The van der Waals surface area contributed by atoms with E-state index < -0.39 is 37.0 Å². The van der Waals surface area contributed by atoms with Gasteiger partial charge in [0.15, 0.2) is 0 Å². The van der Waals surface area contributed by atoms with Gasteiger partial charge in [0.2, 0.25) is 5.91 Å². The Balaban J connectivity index is 3.89. The zero-order valence-corrected chi connectivity index (χ0v) is 10.6. The molecule has 8 nitrogen and oxygen atoms in total. The number of carboxylic acid groups (broad SMARTS) is 1. The number of carbonyl (C=O) groups is 3. The largest absolute Gasteiger partial charge is 0.480 e. The lowest BCUT2D eigenvalue weighted by Gasteiger charge is -2.14. The van der Waals surface area contributed by atoms with Crippen LogP contribution < -0.4 is 16.4 Å². The number of rotatable bonds is 10. The number of ether oxygens (including phenoxy) is 1. The zero-order valence-electron chi connectivity index (χ0n) is 10.6. The quantitative estimate of drug-likeness (QED) is 0.395. The van der Waals surface area contributed by atoms with Crippen LogP contribution in [0.15, 0.2) is 0 Å². The van der Waals surface area contributed by atoms with Crippen LogP contribution in [0.2, 0.25) is 0 Å². The van der Waals surface area contributed by atoms with Crippen LogP contribution in [0.1, 0.15) is 12.8 Å². The summed E-state index contributed by atoms with van der Waals surface area (Å²) in [4.78, 5) is 32.6. The number of halogens is 2.